The van der Waals surface area contributed by atoms with E-state index in [-0.39, 0.29) is 6.61 Å². The summed E-state index contributed by atoms with van der Waals surface area (Å²) in [5.74, 6) is 0.634. The molecule has 0 fully saturated rings. The standard InChI is InChI=1S/C15H21N3O/c1-8-5-9(2)13(10(3)6-8)14-11(4)17-15(18-14)12(16)7-19/h5-6,12,19H,7,16H2,1-4H3,(H,17,18). The lowest BCUT2D eigenvalue weighted by atomic mass is 9.96. The van der Waals surface area contributed by atoms with Crippen LogP contribution in [-0.2, 0) is 0 Å². The van der Waals surface area contributed by atoms with Crippen molar-refractivity contribution >= 4 is 0 Å². The van der Waals surface area contributed by atoms with Gasteiger partial charge in [-0.15, -0.1) is 0 Å². The normalized spacial score (nSPS) is 12.7. The zero-order valence-corrected chi connectivity index (χ0v) is 11.9. The molecule has 0 aliphatic rings. The summed E-state index contributed by atoms with van der Waals surface area (Å²) in [6, 6.07) is 3.85. The summed E-state index contributed by atoms with van der Waals surface area (Å²) in [5, 5.41) is 9.12. The Morgan fingerprint density at radius 3 is 2.32 bits per heavy atom. The second-order valence-corrected chi connectivity index (χ2v) is 5.16. The Kier molecular flexibility index (Phi) is 3.73. The molecular formula is C15H21N3O. The molecular weight excluding hydrogens is 238 g/mol. The van der Waals surface area contributed by atoms with Crippen LogP contribution >= 0.6 is 0 Å². The van der Waals surface area contributed by atoms with Crippen LogP contribution in [0.1, 0.15) is 34.3 Å². The molecule has 0 saturated heterocycles. The smallest absolute Gasteiger partial charge is 0.126 e. The van der Waals surface area contributed by atoms with Crippen molar-refractivity contribution in [3.8, 4) is 11.3 Å². The topological polar surface area (TPSA) is 74.9 Å². The van der Waals surface area contributed by atoms with E-state index < -0.39 is 6.04 Å². The van der Waals surface area contributed by atoms with E-state index in [4.69, 9.17) is 10.8 Å². The maximum absolute atomic E-state index is 9.12. The highest BCUT2D eigenvalue weighted by Crippen LogP contribution is 2.30. The van der Waals surface area contributed by atoms with E-state index in [9.17, 15) is 0 Å². The maximum Gasteiger partial charge on any atom is 0.126 e. The predicted octanol–water partition coefficient (Wildman–Crippen LogP) is 2.30. The molecule has 0 aliphatic carbocycles. The van der Waals surface area contributed by atoms with Gasteiger partial charge in [0, 0.05) is 11.3 Å². The van der Waals surface area contributed by atoms with E-state index in [1.807, 2.05) is 6.92 Å². The van der Waals surface area contributed by atoms with Gasteiger partial charge in [-0.25, -0.2) is 4.98 Å². The lowest BCUT2D eigenvalue weighted by molar-refractivity contribution is 0.264. The fourth-order valence-electron chi connectivity index (χ4n) is 2.54. The van der Waals surface area contributed by atoms with Gasteiger partial charge in [-0.3, -0.25) is 0 Å². The molecule has 4 nitrogen and oxygen atoms in total. The van der Waals surface area contributed by atoms with Crippen LogP contribution in [0.4, 0.5) is 0 Å². The zero-order valence-electron chi connectivity index (χ0n) is 11.9. The molecule has 4 N–H and O–H groups in total. The number of aromatic amines is 1. The first-order valence-electron chi connectivity index (χ1n) is 6.45. The average Bonchev–Trinajstić information content (AvgIpc) is 2.69. The molecule has 0 bridgehead atoms. The van der Waals surface area contributed by atoms with Crippen LogP contribution in [-0.4, -0.2) is 21.7 Å². The first kappa shape index (κ1) is 13.8. The number of aliphatic hydroxyl groups is 1. The van der Waals surface area contributed by atoms with Gasteiger partial charge in [-0.1, -0.05) is 17.7 Å². The van der Waals surface area contributed by atoms with Gasteiger partial charge in [-0.2, -0.15) is 0 Å². The summed E-state index contributed by atoms with van der Waals surface area (Å²) in [4.78, 5) is 7.73. The molecule has 1 unspecified atom stereocenters. The Labute approximate surface area is 113 Å². The monoisotopic (exact) mass is 259 g/mol. The van der Waals surface area contributed by atoms with Crippen molar-refractivity contribution in [3.63, 3.8) is 0 Å². The number of nitrogens with one attached hydrogen (secondary N) is 1. The molecule has 19 heavy (non-hydrogen) atoms. The summed E-state index contributed by atoms with van der Waals surface area (Å²) in [6.45, 7) is 8.14. The van der Waals surface area contributed by atoms with E-state index in [0.717, 1.165) is 17.0 Å². The van der Waals surface area contributed by atoms with Crippen LogP contribution in [0, 0.1) is 27.7 Å². The number of aliphatic hydroxyl groups excluding tert-OH is 1. The molecule has 4 heteroatoms. The van der Waals surface area contributed by atoms with Crippen molar-refractivity contribution in [3.05, 3.63) is 40.3 Å². The first-order chi connectivity index (χ1) is 8.93. The number of hydrogen-bond donors (Lipinski definition) is 3. The van der Waals surface area contributed by atoms with Gasteiger partial charge in [0.05, 0.1) is 18.3 Å². The molecule has 0 amide bonds. The van der Waals surface area contributed by atoms with Crippen molar-refractivity contribution in [1.82, 2.24) is 9.97 Å². The van der Waals surface area contributed by atoms with E-state index in [1.165, 1.54) is 16.7 Å². The summed E-state index contributed by atoms with van der Waals surface area (Å²) < 4.78 is 0. The largest absolute Gasteiger partial charge is 0.394 e. The third-order valence-corrected chi connectivity index (χ3v) is 3.36. The SMILES string of the molecule is Cc1cc(C)c(-c2nc(C(N)CO)[nH]c2C)c(C)c1. The van der Waals surface area contributed by atoms with Crippen molar-refractivity contribution in [2.75, 3.05) is 6.61 Å². The summed E-state index contributed by atoms with van der Waals surface area (Å²) >= 11 is 0. The second-order valence-electron chi connectivity index (χ2n) is 5.16. The number of rotatable bonds is 3. The van der Waals surface area contributed by atoms with Crippen LogP contribution in [0.3, 0.4) is 0 Å². The van der Waals surface area contributed by atoms with Crippen LogP contribution < -0.4 is 5.73 Å². The lowest BCUT2D eigenvalue weighted by Gasteiger charge is -2.10. The molecule has 0 aliphatic heterocycles. The van der Waals surface area contributed by atoms with Crippen LogP contribution in [0.2, 0.25) is 0 Å². The number of hydrogen-bond acceptors (Lipinski definition) is 3. The number of aromatic nitrogens is 2. The minimum Gasteiger partial charge on any atom is -0.394 e. The van der Waals surface area contributed by atoms with Gasteiger partial charge in [0.25, 0.3) is 0 Å². The molecule has 0 radical (unpaired) electrons. The highest BCUT2D eigenvalue weighted by atomic mass is 16.3. The van der Waals surface area contributed by atoms with Crippen molar-refractivity contribution in [2.45, 2.75) is 33.7 Å². The van der Waals surface area contributed by atoms with Crippen molar-refractivity contribution in [2.24, 2.45) is 5.73 Å². The average molecular weight is 259 g/mol. The minimum absolute atomic E-state index is 0.113. The Morgan fingerprint density at radius 1 is 1.21 bits per heavy atom. The van der Waals surface area contributed by atoms with Crippen LogP contribution in [0.15, 0.2) is 12.1 Å². The number of H-pyrrole nitrogens is 1. The van der Waals surface area contributed by atoms with Gasteiger partial charge in [-0.05, 0) is 38.8 Å². The van der Waals surface area contributed by atoms with Gasteiger partial charge < -0.3 is 15.8 Å². The highest BCUT2D eigenvalue weighted by Gasteiger charge is 2.16. The number of benzene rings is 1. The molecule has 2 rings (SSSR count). The molecule has 2 aromatic rings. The molecule has 0 spiro atoms. The molecule has 1 heterocycles. The van der Waals surface area contributed by atoms with Crippen LogP contribution in [0.25, 0.3) is 11.3 Å². The Hall–Kier alpha value is -1.65. The van der Waals surface area contributed by atoms with E-state index in [0.29, 0.717) is 5.82 Å². The number of nitrogens with zero attached hydrogens (tertiary/aromatic N) is 1. The number of imidazole rings is 1. The number of aryl methyl sites for hydroxylation is 4. The first-order valence-corrected chi connectivity index (χ1v) is 6.45. The third-order valence-electron chi connectivity index (χ3n) is 3.36. The van der Waals surface area contributed by atoms with Gasteiger partial charge in [0.15, 0.2) is 0 Å². The summed E-state index contributed by atoms with van der Waals surface area (Å²) in [5.41, 5.74) is 12.5. The molecule has 102 valence electrons. The number of nitrogens with two attached hydrogens (primary N) is 1. The zero-order chi connectivity index (χ0) is 14.2. The van der Waals surface area contributed by atoms with Crippen molar-refractivity contribution < 1.29 is 5.11 Å². The fourth-order valence-corrected chi connectivity index (χ4v) is 2.54. The van der Waals surface area contributed by atoms with Crippen LogP contribution in [0.5, 0.6) is 0 Å². The Morgan fingerprint density at radius 2 is 1.79 bits per heavy atom. The lowest BCUT2D eigenvalue weighted by Crippen LogP contribution is -2.16. The molecule has 0 saturated carbocycles. The molecule has 1 atom stereocenters. The summed E-state index contributed by atoms with van der Waals surface area (Å²) in [7, 11) is 0. The molecule has 1 aromatic carbocycles. The van der Waals surface area contributed by atoms with Gasteiger partial charge >= 0.3 is 0 Å². The Balaban J connectivity index is 2.57. The maximum atomic E-state index is 9.12. The summed E-state index contributed by atoms with van der Waals surface area (Å²) in [6.07, 6.45) is 0. The highest BCUT2D eigenvalue weighted by molar-refractivity contribution is 5.70. The minimum atomic E-state index is -0.460. The Bertz CT molecular complexity index is 578. The predicted molar refractivity (Wildman–Crippen MR) is 77.0 cm³/mol. The molecule has 1 aromatic heterocycles. The fraction of sp³-hybridized carbons (Fsp3) is 0.400. The quantitative estimate of drug-likeness (QED) is 0.791. The van der Waals surface area contributed by atoms with E-state index in [1.54, 1.807) is 0 Å². The van der Waals surface area contributed by atoms with E-state index >= 15 is 0 Å². The van der Waals surface area contributed by atoms with Gasteiger partial charge in [0.1, 0.15) is 5.82 Å². The van der Waals surface area contributed by atoms with Gasteiger partial charge in [0.2, 0.25) is 0 Å². The van der Waals surface area contributed by atoms with E-state index in [2.05, 4.69) is 42.9 Å². The third kappa shape index (κ3) is 2.55. The van der Waals surface area contributed by atoms with Crippen molar-refractivity contribution in [1.29, 1.82) is 0 Å². The second kappa shape index (κ2) is 5.15.